The van der Waals surface area contributed by atoms with Gasteiger partial charge in [0, 0.05) is 11.6 Å². The number of anilines is 1. The molecular formula is C20H27Cl2N3OS. The number of aryl methyl sites for hydroxylation is 2. The summed E-state index contributed by atoms with van der Waals surface area (Å²) < 4.78 is 0. The lowest BCUT2D eigenvalue weighted by Crippen LogP contribution is -2.30. The van der Waals surface area contributed by atoms with Gasteiger partial charge in [0.2, 0.25) is 0 Å². The molecule has 1 heterocycles. The van der Waals surface area contributed by atoms with Gasteiger partial charge in [0.15, 0.2) is 0 Å². The monoisotopic (exact) mass is 427 g/mol. The molecule has 1 unspecified atom stereocenters. The SMILES string of the molecule is Cc1nc(C2CCCC2)sc1C(=O)NC1CCCc2cc(N)ccc21.Cl.Cl. The van der Waals surface area contributed by atoms with Crippen LogP contribution < -0.4 is 11.1 Å². The molecule has 2 aromatic rings. The van der Waals surface area contributed by atoms with Crippen molar-refractivity contribution in [3.63, 3.8) is 0 Å². The molecule has 0 bridgehead atoms. The minimum absolute atomic E-state index is 0. The number of rotatable bonds is 3. The summed E-state index contributed by atoms with van der Waals surface area (Å²) in [6.07, 6.45) is 8.10. The van der Waals surface area contributed by atoms with Crippen LogP contribution in [0.4, 0.5) is 5.69 Å². The van der Waals surface area contributed by atoms with Crippen molar-refractivity contribution in [1.82, 2.24) is 10.3 Å². The molecule has 1 saturated carbocycles. The predicted octanol–water partition coefficient (Wildman–Crippen LogP) is 5.34. The van der Waals surface area contributed by atoms with Gasteiger partial charge in [0.1, 0.15) is 4.88 Å². The van der Waals surface area contributed by atoms with Gasteiger partial charge in [-0.25, -0.2) is 4.98 Å². The van der Waals surface area contributed by atoms with Crippen molar-refractivity contribution in [2.24, 2.45) is 0 Å². The minimum atomic E-state index is 0. The maximum absolute atomic E-state index is 12.9. The van der Waals surface area contributed by atoms with E-state index < -0.39 is 0 Å². The third kappa shape index (κ3) is 4.58. The molecule has 0 aliphatic heterocycles. The van der Waals surface area contributed by atoms with E-state index in [9.17, 15) is 4.79 Å². The molecule has 2 aliphatic carbocycles. The van der Waals surface area contributed by atoms with E-state index >= 15 is 0 Å². The smallest absolute Gasteiger partial charge is 0.263 e. The molecule has 7 heteroatoms. The largest absolute Gasteiger partial charge is 0.399 e. The van der Waals surface area contributed by atoms with E-state index in [1.54, 1.807) is 11.3 Å². The lowest BCUT2D eigenvalue weighted by atomic mass is 9.87. The summed E-state index contributed by atoms with van der Waals surface area (Å²) in [5.74, 6) is 0.581. The molecule has 1 amide bonds. The Labute approximate surface area is 177 Å². The van der Waals surface area contributed by atoms with Crippen LogP contribution in [0.15, 0.2) is 18.2 Å². The fourth-order valence-corrected chi connectivity index (χ4v) is 5.32. The molecule has 3 N–H and O–H groups in total. The predicted molar refractivity (Wildman–Crippen MR) is 117 cm³/mol. The van der Waals surface area contributed by atoms with Gasteiger partial charge < -0.3 is 11.1 Å². The summed E-state index contributed by atoms with van der Waals surface area (Å²) in [4.78, 5) is 18.4. The Hall–Kier alpha value is -1.30. The number of benzene rings is 1. The molecule has 148 valence electrons. The molecule has 0 spiro atoms. The van der Waals surface area contributed by atoms with Crippen LogP contribution in [0.25, 0.3) is 0 Å². The van der Waals surface area contributed by atoms with Gasteiger partial charge in [-0.1, -0.05) is 18.9 Å². The summed E-state index contributed by atoms with van der Waals surface area (Å²) >= 11 is 1.59. The molecule has 1 aromatic heterocycles. The average molecular weight is 428 g/mol. The number of nitrogen functional groups attached to an aromatic ring is 1. The second-order valence-corrected chi connectivity index (χ2v) is 8.36. The highest BCUT2D eigenvalue weighted by Gasteiger charge is 2.26. The normalized spacial score (nSPS) is 18.9. The Morgan fingerprint density at radius 1 is 1.19 bits per heavy atom. The van der Waals surface area contributed by atoms with Gasteiger partial charge in [-0.3, -0.25) is 4.79 Å². The van der Waals surface area contributed by atoms with Crippen LogP contribution in [0.3, 0.4) is 0 Å². The summed E-state index contributed by atoms with van der Waals surface area (Å²) in [6, 6.07) is 6.12. The third-order valence-corrected chi connectivity index (χ3v) is 6.83. The maximum atomic E-state index is 12.9. The number of thiazole rings is 1. The molecule has 4 rings (SSSR count). The number of hydrogen-bond donors (Lipinski definition) is 2. The van der Waals surface area contributed by atoms with Crippen molar-refractivity contribution in [2.75, 3.05) is 5.73 Å². The van der Waals surface area contributed by atoms with E-state index in [0.29, 0.717) is 5.92 Å². The van der Waals surface area contributed by atoms with Crippen LogP contribution in [-0.4, -0.2) is 10.9 Å². The highest BCUT2D eigenvalue weighted by Crippen LogP contribution is 2.37. The van der Waals surface area contributed by atoms with E-state index in [0.717, 1.165) is 40.5 Å². The van der Waals surface area contributed by atoms with E-state index in [-0.39, 0.29) is 36.8 Å². The summed E-state index contributed by atoms with van der Waals surface area (Å²) in [7, 11) is 0. The van der Waals surface area contributed by atoms with Crippen molar-refractivity contribution < 1.29 is 4.79 Å². The van der Waals surface area contributed by atoms with Crippen LogP contribution in [0, 0.1) is 6.92 Å². The van der Waals surface area contributed by atoms with Gasteiger partial charge in [-0.15, -0.1) is 36.2 Å². The molecule has 0 radical (unpaired) electrons. The second kappa shape index (κ2) is 9.26. The summed E-state index contributed by atoms with van der Waals surface area (Å²) in [5.41, 5.74) is 10.1. The Bertz CT molecular complexity index is 803. The number of amides is 1. The standard InChI is InChI=1S/C20H25N3OS.2ClH/c1-12-18(25-20(22-12)13-5-2-3-6-13)19(24)23-17-8-4-7-14-11-15(21)9-10-16(14)17;;/h9-11,13,17H,2-8,21H2,1H3,(H,23,24);2*1H. The molecule has 1 fully saturated rings. The molecule has 1 atom stereocenters. The quantitative estimate of drug-likeness (QED) is 0.649. The first-order valence-electron chi connectivity index (χ1n) is 9.28. The highest BCUT2D eigenvalue weighted by molar-refractivity contribution is 7.13. The molecule has 0 saturated heterocycles. The highest BCUT2D eigenvalue weighted by atomic mass is 35.5. The number of nitrogens with zero attached hydrogens (tertiary/aromatic N) is 1. The van der Waals surface area contributed by atoms with Crippen molar-refractivity contribution in [1.29, 1.82) is 0 Å². The van der Waals surface area contributed by atoms with E-state index in [1.807, 2.05) is 19.1 Å². The summed E-state index contributed by atoms with van der Waals surface area (Å²) in [6.45, 7) is 1.96. The zero-order chi connectivity index (χ0) is 17.4. The van der Waals surface area contributed by atoms with Gasteiger partial charge in [0.05, 0.1) is 16.7 Å². The molecule has 2 aliphatic rings. The van der Waals surface area contributed by atoms with Crippen molar-refractivity contribution in [3.05, 3.63) is 44.9 Å². The third-order valence-electron chi connectivity index (χ3n) is 5.51. The van der Waals surface area contributed by atoms with Crippen LogP contribution in [0.1, 0.15) is 82.0 Å². The second-order valence-electron chi connectivity index (χ2n) is 7.32. The Balaban J connectivity index is 0.00000131. The number of nitrogens with two attached hydrogens (primary N) is 1. The number of fused-ring (bicyclic) bond motifs is 1. The Morgan fingerprint density at radius 2 is 1.93 bits per heavy atom. The van der Waals surface area contributed by atoms with Gasteiger partial charge in [0.25, 0.3) is 5.91 Å². The average Bonchev–Trinajstić information content (AvgIpc) is 3.24. The lowest BCUT2D eigenvalue weighted by Gasteiger charge is -2.26. The minimum Gasteiger partial charge on any atom is -0.399 e. The maximum Gasteiger partial charge on any atom is 0.263 e. The van der Waals surface area contributed by atoms with Crippen LogP contribution >= 0.6 is 36.2 Å². The lowest BCUT2D eigenvalue weighted by molar-refractivity contribution is 0.0936. The zero-order valence-corrected chi connectivity index (χ0v) is 17.9. The fourth-order valence-electron chi connectivity index (χ4n) is 4.18. The topological polar surface area (TPSA) is 68.0 Å². The van der Waals surface area contributed by atoms with E-state index in [1.165, 1.54) is 36.8 Å². The van der Waals surface area contributed by atoms with Gasteiger partial charge >= 0.3 is 0 Å². The number of carbonyl (C=O) groups excluding carboxylic acids is 1. The van der Waals surface area contributed by atoms with E-state index in [2.05, 4.69) is 11.4 Å². The Morgan fingerprint density at radius 3 is 2.67 bits per heavy atom. The molecular weight excluding hydrogens is 401 g/mol. The van der Waals surface area contributed by atoms with Crippen molar-refractivity contribution >= 4 is 47.7 Å². The molecule has 4 nitrogen and oxygen atoms in total. The number of nitrogens with one attached hydrogen (secondary N) is 1. The number of hydrogen-bond acceptors (Lipinski definition) is 4. The van der Waals surface area contributed by atoms with Crippen LogP contribution in [0.5, 0.6) is 0 Å². The molecule has 27 heavy (non-hydrogen) atoms. The van der Waals surface area contributed by atoms with Gasteiger partial charge in [-0.2, -0.15) is 0 Å². The number of carbonyl (C=O) groups is 1. The summed E-state index contributed by atoms with van der Waals surface area (Å²) in [5, 5.41) is 4.40. The fraction of sp³-hybridized carbons (Fsp3) is 0.500. The van der Waals surface area contributed by atoms with Crippen molar-refractivity contribution in [2.45, 2.75) is 63.8 Å². The first-order valence-corrected chi connectivity index (χ1v) is 10.1. The first-order chi connectivity index (χ1) is 12.1. The Kier molecular flexibility index (Phi) is 7.55. The van der Waals surface area contributed by atoms with E-state index in [4.69, 9.17) is 10.7 Å². The van der Waals surface area contributed by atoms with Crippen molar-refractivity contribution in [3.8, 4) is 0 Å². The van der Waals surface area contributed by atoms with Crippen LogP contribution in [0.2, 0.25) is 0 Å². The number of halogens is 2. The zero-order valence-electron chi connectivity index (χ0n) is 15.5. The first kappa shape index (κ1) is 22.0. The number of aromatic nitrogens is 1. The van der Waals surface area contributed by atoms with Gasteiger partial charge in [-0.05, 0) is 62.3 Å². The molecule has 1 aromatic carbocycles. The van der Waals surface area contributed by atoms with Crippen LogP contribution in [-0.2, 0) is 6.42 Å².